The molecule has 0 unspecified atom stereocenters. The van der Waals surface area contributed by atoms with Crippen molar-refractivity contribution in [2.75, 3.05) is 11.9 Å². The number of pyridine rings is 1. The molecule has 0 bridgehead atoms. The molecule has 4 heteroatoms. The zero-order chi connectivity index (χ0) is 16.8. The van der Waals surface area contributed by atoms with Gasteiger partial charge in [0.15, 0.2) is 0 Å². The normalized spacial score (nSPS) is 10.5. The lowest BCUT2D eigenvalue weighted by Crippen LogP contribution is -2.25. The van der Waals surface area contributed by atoms with Crippen LogP contribution in [0.15, 0.2) is 60.8 Å². The Morgan fingerprint density at radius 1 is 1.04 bits per heavy atom. The Bertz CT molecular complexity index is 840. The zero-order valence-corrected chi connectivity index (χ0v) is 13.8. The van der Waals surface area contributed by atoms with Crippen LogP contribution in [0.3, 0.4) is 0 Å². The lowest BCUT2D eigenvalue weighted by molar-refractivity contribution is -0.121. The van der Waals surface area contributed by atoms with Gasteiger partial charge in [0, 0.05) is 31.1 Å². The number of nitrogens with zero attached hydrogens (tertiary/aromatic N) is 1. The Hall–Kier alpha value is -2.88. The number of benzene rings is 2. The molecule has 1 amide bonds. The van der Waals surface area contributed by atoms with Crippen LogP contribution in [0.1, 0.15) is 17.5 Å². The van der Waals surface area contributed by atoms with Crippen molar-refractivity contribution in [3.8, 4) is 0 Å². The second-order valence-corrected chi connectivity index (χ2v) is 5.76. The van der Waals surface area contributed by atoms with E-state index in [0.29, 0.717) is 19.5 Å². The molecule has 2 N–H and O–H groups in total. The molecule has 3 aromatic rings. The van der Waals surface area contributed by atoms with E-state index in [0.717, 1.165) is 22.2 Å². The first-order valence-corrected chi connectivity index (χ1v) is 8.13. The van der Waals surface area contributed by atoms with Gasteiger partial charge in [-0.1, -0.05) is 42.5 Å². The second kappa shape index (κ2) is 7.59. The molecule has 0 spiro atoms. The number of fused-ring (bicyclic) bond motifs is 1. The van der Waals surface area contributed by atoms with Crippen LogP contribution < -0.4 is 10.6 Å². The van der Waals surface area contributed by atoms with Crippen molar-refractivity contribution in [2.24, 2.45) is 0 Å². The SMILES string of the molecule is Cc1ccccc1CNC(=O)CCNc1cccc2cccnc12. The van der Waals surface area contributed by atoms with Gasteiger partial charge >= 0.3 is 0 Å². The van der Waals surface area contributed by atoms with Crippen molar-refractivity contribution in [1.82, 2.24) is 10.3 Å². The summed E-state index contributed by atoms with van der Waals surface area (Å²) in [5, 5.41) is 7.36. The van der Waals surface area contributed by atoms with Gasteiger partial charge in [-0.05, 0) is 30.2 Å². The molecule has 0 aliphatic carbocycles. The van der Waals surface area contributed by atoms with Crippen LogP contribution >= 0.6 is 0 Å². The van der Waals surface area contributed by atoms with Gasteiger partial charge in [-0.3, -0.25) is 9.78 Å². The minimum atomic E-state index is 0.0407. The van der Waals surface area contributed by atoms with E-state index in [1.165, 1.54) is 5.56 Å². The smallest absolute Gasteiger partial charge is 0.222 e. The Kier molecular flexibility index (Phi) is 5.06. The molecule has 1 heterocycles. The first-order chi connectivity index (χ1) is 11.7. The van der Waals surface area contributed by atoms with E-state index in [9.17, 15) is 4.79 Å². The summed E-state index contributed by atoms with van der Waals surface area (Å²) in [5.74, 6) is 0.0407. The first-order valence-electron chi connectivity index (χ1n) is 8.13. The number of rotatable bonds is 6. The lowest BCUT2D eigenvalue weighted by Gasteiger charge is -2.10. The average molecular weight is 319 g/mol. The number of carbonyl (C=O) groups is 1. The molecule has 3 rings (SSSR count). The highest BCUT2D eigenvalue weighted by Gasteiger charge is 2.04. The van der Waals surface area contributed by atoms with Gasteiger partial charge in [0.25, 0.3) is 0 Å². The van der Waals surface area contributed by atoms with Crippen molar-refractivity contribution in [3.05, 3.63) is 71.9 Å². The van der Waals surface area contributed by atoms with Gasteiger partial charge in [0.05, 0.1) is 11.2 Å². The maximum Gasteiger partial charge on any atom is 0.222 e. The number of hydrogen-bond acceptors (Lipinski definition) is 3. The number of hydrogen-bond donors (Lipinski definition) is 2. The van der Waals surface area contributed by atoms with E-state index < -0.39 is 0 Å². The second-order valence-electron chi connectivity index (χ2n) is 5.76. The highest BCUT2D eigenvalue weighted by Crippen LogP contribution is 2.20. The van der Waals surface area contributed by atoms with Crippen LogP contribution in [0.4, 0.5) is 5.69 Å². The van der Waals surface area contributed by atoms with Crippen LogP contribution in [-0.4, -0.2) is 17.4 Å². The largest absolute Gasteiger partial charge is 0.383 e. The summed E-state index contributed by atoms with van der Waals surface area (Å²) in [6, 6.07) is 18.0. The van der Waals surface area contributed by atoms with Crippen LogP contribution in [0.2, 0.25) is 0 Å². The molecule has 0 saturated heterocycles. The Labute approximate surface area is 141 Å². The van der Waals surface area contributed by atoms with E-state index in [4.69, 9.17) is 0 Å². The summed E-state index contributed by atoms with van der Waals surface area (Å²) in [7, 11) is 0. The predicted molar refractivity (Wildman–Crippen MR) is 97.9 cm³/mol. The van der Waals surface area contributed by atoms with Crippen LogP contribution in [-0.2, 0) is 11.3 Å². The Morgan fingerprint density at radius 2 is 1.88 bits per heavy atom. The number of carbonyl (C=O) groups excluding carboxylic acids is 1. The van der Waals surface area contributed by atoms with Crippen LogP contribution in [0.25, 0.3) is 10.9 Å². The molecular weight excluding hydrogens is 298 g/mol. The monoisotopic (exact) mass is 319 g/mol. The average Bonchev–Trinajstić information content (AvgIpc) is 2.61. The third-order valence-corrected chi connectivity index (χ3v) is 4.04. The summed E-state index contributed by atoms with van der Waals surface area (Å²) < 4.78 is 0. The van der Waals surface area contributed by atoms with E-state index >= 15 is 0 Å². The number of para-hydroxylation sites is 1. The van der Waals surface area contributed by atoms with Crippen LogP contribution in [0, 0.1) is 6.92 Å². The third-order valence-electron chi connectivity index (χ3n) is 4.04. The lowest BCUT2D eigenvalue weighted by atomic mass is 10.1. The standard InChI is InChI=1S/C20H21N3O/c1-15-6-2-3-7-17(15)14-23-19(24)11-13-21-18-10-4-8-16-9-5-12-22-20(16)18/h2-10,12,21H,11,13-14H2,1H3,(H,23,24). The summed E-state index contributed by atoms with van der Waals surface area (Å²) in [6.07, 6.45) is 2.21. The third kappa shape index (κ3) is 3.90. The van der Waals surface area contributed by atoms with Gasteiger partial charge in [-0.15, -0.1) is 0 Å². The minimum Gasteiger partial charge on any atom is -0.383 e. The predicted octanol–water partition coefficient (Wildman–Crippen LogP) is 3.66. The van der Waals surface area contributed by atoms with Crippen molar-refractivity contribution in [1.29, 1.82) is 0 Å². The van der Waals surface area contributed by atoms with E-state index in [-0.39, 0.29) is 5.91 Å². The Balaban J connectivity index is 1.51. The van der Waals surface area contributed by atoms with Crippen molar-refractivity contribution >= 4 is 22.5 Å². The molecule has 4 nitrogen and oxygen atoms in total. The number of nitrogens with one attached hydrogen (secondary N) is 2. The highest BCUT2D eigenvalue weighted by molar-refractivity contribution is 5.90. The fourth-order valence-corrected chi connectivity index (χ4v) is 2.65. The molecule has 0 atom stereocenters. The number of aryl methyl sites for hydroxylation is 1. The van der Waals surface area contributed by atoms with E-state index in [2.05, 4.69) is 28.6 Å². The zero-order valence-electron chi connectivity index (χ0n) is 13.8. The highest BCUT2D eigenvalue weighted by atomic mass is 16.1. The maximum absolute atomic E-state index is 12.0. The molecule has 0 fully saturated rings. The Morgan fingerprint density at radius 3 is 2.75 bits per heavy atom. The number of anilines is 1. The van der Waals surface area contributed by atoms with Crippen molar-refractivity contribution in [2.45, 2.75) is 19.9 Å². The molecule has 0 aliphatic heterocycles. The van der Waals surface area contributed by atoms with Gasteiger partial charge in [0.2, 0.25) is 5.91 Å². The molecule has 1 aromatic heterocycles. The van der Waals surface area contributed by atoms with E-state index in [1.54, 1.807) is 6.20 Å². The van der Waals surface area contributed by atoms with Crippen LogP contribution in [0.5, 0.6) is 0 Å². The van der Waals surface area contributed by atoms with Crippen molar-refractivity contribution < 1.29 is 4.79 Å². The fraction of sp³-hybridized carbons (Fsp3) is 0.200. The summed E-state index contributed by atoms with van der Waals surface area (Å²) in [4.78, 5) is 16.4. The molecule has 0 radical (unpaired) electrons. The maximum atomic E-state index is 12.0. The van der Waals surface area contributed by atoms with E-state index in [1.807, 2.05) is 48.5 Å². The summed E-state index contributed by atoms with van der Waals surface area (Å²) in [6.45, 7) is 3.20. The molecule has 122 valence electrons. The van der Waals surface area contributed by atoms with Gasteiger partial charge in [0.1, 0.15) is 0 Å². The molecule has 2 aromatic carbocycles. The summed E-state index contributed by atoms with van der Waals surface area (Å²) >= 11 is 0. The minimum absolute atomic E-state index is 0.0407. The summed E-state index contributed by atoms with van der Waals surface area (Å²) in [5.41, 5.74) is 4.23. The number of aromatic nitrogens is 1. The molecule has 0 saturated carbocycles. The van der Waals surface area contributed by atoms with Crippen molar-refractivity contribution in [3.63, 3.8) is 0 Å². The first kappa shape index (κ1) is 16.0. The molecule has 0 aliphatic rings. The quantitative estimate of drug-likeness (QED) is 0.729. The molecular formula is C20H21N3O. The number of amides is 1. The van der Waals surface area contributed by atoms with Gasteiger partial charge in [-0.2, -0.15) is 0 Å². The molecule has 24 heavy (non-hydrogen) atoms. The fourth-order valence-electron chi connectivity index (χ4n) is 2.65. The van der Waals surface area contributed by atoms with Gasteiger partial charge < -0.3 is 10.6 Å². The van der Waals surface area contributed by atoms with Gasteiger partial charge in [-0.25, -0.2) is 0 Å². The topological polar surface area (TPSA) is 54.0 Å².